The Labute approximate surface area is 207 Å². The Bertz CT molecular complexity index is 1120. The van der Waals surface area contributed by atoms with Crippen LogP contribution in [0.4, 0.5) is 0 Å². The van der Waals surface area contributed by atoms with Crippen LogP contribution in [-0.4, -0.2) is 40.0 Å². The molecule has 2 N–H and O–H groups in total. The first-order valence-electron chi connectivity index (χ1n) is 11.1. The lowest BCUT2D eigenvalue weighted by atomic mass is 9.92. The first-order chi connectivity index (χ1) is 17.4. The maximum atomic E-state index is 13.0. The van der Waals surface area contributed by atoms with E-state index >= 15 is 0 Å². The van der Waals surface area contributed by atoms with Crippen LogP contribution >= 0.6 is 0 Å². The molecule has 3 aromatic carbocycles. The number of carbonyl (C=O) groups is 3. The topological polar surface area (TPSA) is 129 Å². The summed E-state index contributed by atoms with van der Waals surface area (Å²) in [5, 5.41) is 20.4. The molecule has 3 aromatic rings. The first-order valence-corrected chi connectivity index (χ1v) is 11.1. The van der Waals surface area contributed by atoms with Gasteiger partial charge in [0.2, 0.25) is 5.60 Å². The Kier molecular flexibility index (Phi) is 9.70. The second kappa shape index (κ2) is 13.1. The summed E-state index contributed by atoms with van der Waals surface area (Å²) < 4.78 is 15.4. The highest BCUT2D eigenvalue weighted by Crippen LogP contribution is 2.26. The van der Waals surface area contributed by atoms with E-state index in [1.165, 1.54) is 0 Å². The molecular weight excluding hydrogens is 468 g/mol. The van der Waals surface area contributed by atoms with E-state index in [1.807, 2.05) is 0 Å². The SMILES string of the molecule is O=C(CC(OO)(C(=O)OCc1ccccc1)C(O)C(=O)OCc1ccccc1)OCc1ccccc1. The summed E-state index contributed by atoms with van der Waals surface area (Å²) in [7, 11) is 0. The summed E-state index contributed by atoms with van der Waals surface area (Å²) in [6.07, 6.45) is -3.43. The zero-order valence-corrected chi connectivity index (χ0v) is 19.3. The zero-order valence-electron chi connectivity index (χ0n) is 19.3. The van der Waals surface area contributed by atoms with Gasteiger partial charge in [0.05, 0.1) is 6.42 Å². The minimum atomic E-state index is -2.82. The van der Waals surface area contributed by atoms with Crippen molar-refractivity contribution in [1.82, 2.24) is 0 Å². The van der Waals surface area contributed by atoms with Crippen molar-refractivity contribution >= 4 is 17.9 Å². The highest BCUT2D eigenvalue weighted by atomic mass is 17.1. The predicted molar refractivity (Wildman–Crippen MR) is 126 cm³/mol. The van der Waals surface area contributed by atoms with Gasteiger partial charge in [-0.05, 0) is 16.7 Å². The lowest BCUT2D eigenvalue weighted by Gasteiger charge is -2.30. The van der Waals surface area contributed by atoms with Gasteiger partial charge < -0.3 is 19.3 Å². The van der Waals surface area contributed by atoms with E-state index in [9.17, 15) is 24.7 Å². The van der Waals surface area contributed by atoms with Crippen LogP contribution in [0.3, 0.4) is 0 Å². The third-order valence-electron chi connectivity index (χ3n) is 5.26. The van der Waals surface area contributed by atoms with E-state index in [4.69, 9.17) is 14.2 Å². The van der Waals surface area contributed by atoms with Crippen LogP contribution in [0.15, 0.2) is 91.0 Å². The average Bonchev–Trinajstić information content (AvgIpc) is 2.93. The van der Waals surface area contributed by atoms with Crippen molar-refractivity contribution in [2.45, 2.75) is 37.9 Å². The second-order valence-electron chi connectivity index (χ2n) is 7.86. The quantitative estimate of drug-likeness (QED) is 0.169. The van der Waals surface area contributed by atoms with Crippen molar-refractivity contribution in [2.24, 2.45) is 0 Å². The molecular formula is C27H26O9. The molecule has 0 aliphatic carbocycles. The third-order valence-corrected chi connectivity index (χ3v) is 5.26. The van der Waals surface area contributed by atoms with Gasteiger partial charge in [-0.3, -0.25) is 10.1 Å². The van der Waals surface area contributed by atoms with Gasteiger partial charge in [0.15, 0.2) is 6.10 Å². The van der Waals surface area contributed by atoms with E-state index in [-0.39, 0.29) is 19.8 Å². The van der Waals surface area contributed by atoms with Gasteiger partial charge in [-0.2, -0.15) is 0 Å². The summed E-state index contributed by atoms with van der Waals surface area (Å²) in [6, 6.07) is 25.9. The Morgan fingerprint density at radius 3 is 1.53 bits per heavy atom. The van der Waals surface area contributed by atoms with Gasteiger partial charge in [0.1, 0.15) is 19.8 Å². The van der Waals surface area contributed by atoms with Crippen LogP contribution in [0.1, 0.15) is 23.1 Å². The highest BCUT2D eigenvalue weighted by molar-refractivity contribution is 5.93. The van der Waals surface area contributed by atoms with Crippen LogP contribution in [0, 0.1) is 0 Å². The second-order valence-corrected chi connectivity index (χ2v) is 7.86. The minimum absolute atomic E-state index is 0.144. The van der Waals surface area contributed by atoms with E-state index in [0.717, 1.165) is 0 Å². The van der Waals surface area contributed by atoms with Crippen LogP contribution in [0.25, 0.3) is 0 Å². The monoisotopic (exact) mass is 494 g/mol. The van der Waals surface area contributed by atoms with E-state index in [0.29, 0.717) is 16.7 Å². The molecule has 0 aliphatic heterocycles. The number of carbonyl (C=O) groups excluding carboxylic acids is 3. The molecule has 0 fully saturated rings. The minimum Gasteiger partial charge on any atom is -0.461 e. The summed E-state index contributed by atoms with van der Waals surface area (Å²) in [5.41, 5.74) is -0.958. The molecule has 0 aromatic heterocycles. The van der Waals surface area contributed by atoms with Crippen LogP contribution in [0.5, 0.6) is 0 Å². The number of hydrogen-bond donors (Lipinski definition) is 2. The number of benzene rings is 3. The summed E-state index contributed by atoms with van der Waals surface area (Å²) in [5.74, 6) is -3.69. The number of esters is 3. The molecule has 0 spiro atoms. The van der Waals surface area contributed by atoms with E-state index in [1.54, 1.807) is 91.0 Å². The molecule has 9 nitrogen and oxygen atoms in total. The largest absolute Gasteiger partial charge is 0.461 e. The Hall–Kier alpha value is -4.05. The maximum absolute atomic E-state index is 13.0. The standard InChI is InChI=1S/C27H26O9/c28-23(33-17-20-10-4-1-5-11-20)16-27(36-32,26(31)35-19-22-14-8-3-9-15-22)24(29)25(30)34-18-21-12-6-2-7-13-21/h1-15,24,29,32H,16-19H2. The van der Waals surface area contributed by atoms with Gasteiger partial charge in [-0.15, -0.1) is 0 Å². The number of ether oxygens (including phenoxy) is 3. The zero-order chi connectivity index (χ0) is 25.8. The maximum Gasteiger partial charge on any atom is 0.346 e. The number of aliphatic hydroxyl groups is 1. The van der Waals surface area contributed by atoms with Gasteiger partial charge >= 0.3 is 17.9 Å². The summed E-state index contributed by atoms with van der Waals surface area (Å²) in [4.78, 5) is 42.6. The molecule has 0 heterocycles. The lowest BCUT2D eigenvalue weighted by molar-refractivity contribution is -0.336. The third kappa shape index (κ3) is 7.22. The van der Waals surface area contributed by atoms with Crippen LogP contribution in [0.2, 0.25) is 0 Å². The van der Waals surface area contributed by atoms with Gasteiger partial charge in [0, 0.05) is 0 Å². The fourth-order valence-corrected chi connectivity index (χ4v) is 3.25. The van der Waals surface area contributed by atoms with Crippen molar-refractivity contribution in [3.05, 3.63) is 108 Å². The fourth-order valence-electron chi connectivity index (χ4n) is 3.25. The molecule has 0 amide bonds. The molecule has 2 unspecified atom stereocenters. The van der Waals surface area contributed by atoms with Crippen molar-refractivity contribution in [2.75, 3.05) is 0 Å². The average molecular weight is 494 g/mol. The smallest absolute Gasteiger partial charge is 0.346 e. The molecule has 0 bridgehead atoms. The molecule has 188 valence electrons. The van der Waals surface area contributed by atoms with E-state index < -0.39 is 36.0 Å². The molecule has 0 saturated carbocycles. The molecule has 2 atom stereocenters. The normalized spacial score (nSPS) is 13.2. The van der Waals surface area contributed by atoms with E-state index in [2.05, 4.69) is 4.89 Å². The van der Waals surface area contributed by atoms with Crippen molar-refractivity contribution in [3.8, 4) is 0 Å². The number of rotatable bonds is 12. The summed E-state index contributed by atoms with van der Waals surface area (Å²) in [6.45, 7) is -0.639. The molecule has 0 aliphatic rings. The summed E-state index contributed by atoms with van der Waals surface area (Å²) >= 11 is 0. The Morgan fingerprint density at radius 2 is 1.08 bits per heavy atom. The first kappa shape index (κ1) is 26.6. The molecule has 9 heteroatoms. The Morgan fingerprint density at radius 1 is 0.667 bits per heavy atom. The predicted octanol–water partition coefficient (Wildman–Crippen LogP) is 3.20. The molecule has 36 heavy (non-hydrogen) atoms. The molecule has 3 rings (SSSR count). The van der Waals surface area contributed by atoms with Crippen molar-refractivity contribution < 1.29 is 43.8 Å². The van der Waals surface area contributed by atoms with Crippen LogP contribution < -0.4 is 0 Å². The van der Waals surface area contributed by atoms with Crippen molar-refractivity contribution in [3.63, 3.8) is 0 Å². The van der Waals surface area contributed by atoms with Crippen LogP contribution in [-0.2, 0) is 53.3 Å². The van der Waals surface area contributed by atoms with Gasteiger partial charge in [-0.1, -0.05) is 91.0 Å². The van der Waals surface area contributed by atoms with Gasteiger partial charge in [0.25, 0.3) is 0 Å². The Balaban J connectivity index is 1.75. The molecule has 0 radical (unpaired) electrons. The van der Waals surface area contributed by atoms with Crippen molar-refractivity contribution in [1.29, 1.82) is 0 Å². The fraction of sp³-hybridized carbons (Fsp3) is 0.222. The highest BCUT2D eigenvalue weighted by Gasteiger charge is 2.55. The molecule has 0 saturated heterocycles. The number of aliphatic hydroxyl groups excluding tert-OH is 1. The number of hydrogen-bond acceptors (Lipinski definition) is 9. The van der Waals surface area contributed by atoms with Gasteiger partial charge in [-0.25, -0.2) is 14.5 Å². The lowest BCUT2D eigenvalue weighted by Crippen LogP contribution is -2.57.